The normalized spacial score (nSPS) is 12.1. The molecule has 4 heteroatoms. The largest absolute Gasteiger partial charge is 0.349 e. The number of aromatic nitrogens is 2. The number of nitrogens with one attached hydrogen (secondary N) is 2. The van der Waals surface area contributed by atoms with E-state index in [1.165, 1.54) is 6.20 Å². The molecule has 1 unspecified atom stereocenters. The van der Waals surface area contributed by atoms with E-state index in [9.17, 15) is 4.79 Å². The van der Waals surface area contributed by atoms with Crippen LogP contribution in [-0.2, 0) is 0 Å². The molecule has 0 fully saturated rings. The van der Waals surface area contributed by atoms with E-state index in [4.69, 9.17) is 0 Å². The molecular formula is C9H13N3O. The van der Waals surface area contributed by atoms with Gasteiger partial charge in [-0.3, -0.25) is 9.89 Å². The van der Waals surface area contributed by atoms with Gasteiger partial charge in [0.25, 0.3) is 5.91 Å². The number of rotatable bonds is 4. The van der Waals surface area contributed by atoms with Gasteiger partial charge in [-0.05, 0) is 13.3 Å². The third-order valence-electron chi connectivity index (χ3n) is 1.66. The van der Waals surface area contributed by atoms with Crippen LogP contribution in [0.3, 0.4) is 0 Å². The van der Waals surface area contributed by atoms with Crippen LogP contribution in [0.5, 0.6) is 0 Å². The zero-order chi connectivity index (χ0) is 9.68. The molecule has 1 aromatic heterocycles. The average Bonchev–Trinajstić information content (AvgIpc) is 2.55. The van der Waals surface area contributed by atoms with Crippen molar-refractivity contribution in [2.45, 2.75) is 19.4 Å². The maximum atomic E-state index is 11.4. The molecular weight excluding hydrogens is 166 g/mol. The van der Waals surface area contributed by atoms with Crippen LogP contribution >= 0.6 is 0 Å². The molecule has 0 saturated carbocycles. The lowest BCUT2D eigenvalue weighted by Gasteiger charge is -2.09. The molecule has 1 atom stereocenters. The number of hydrogen-bond acceptors (Lipinski definition) is 2. The number of aromatic amines is 1. The first-order valence-electron chi connectivity index (χ1n) is 4.14. The Bertz CT molecular complexity index is 279. The molecule has 2 N–H and O–H groups in total. The molecule has 0 aliphatic carbocycles. The van der Waals surface area contributed by atoms with Crippen LogP contribution in [0.1, 0.15) is 23.7 Å². The molecule has 1 amide bonds. The summed E-state index contributed by atoms with van der Waals surface area (Å²) < 4.78 is 0. The Morgan fingerprint density at radius 1 is 1.92 bits per heavy atom. The van der Waals surface area contributed by atoms with Gasteiger partial charge >= 0.3 is 0 Å². The van der Waals surface area contributed by atoms with Gasteiger partial charge in [0.15, 0.2) is 0 Å². The van der Waals surface area contributed by atoms with E-state index in [1.54, 1.807) is 12.3 Å². The van der Waals surface area contributed by atoms with Gasteiger partial charge in [0.05, 0.1) is 11.8 Å². The van der Waals surface area contributed by atoms with Gasteiger partial charge in [-0.15, -0.1) is 6.58 Å². The summed E-state index contributed by atoms with van der Waals surface area (Å²) in [4.78, 5) is 11.4. The summed E-state index contributed by atoms with van der Waals surface area (Å²) in [6.07, 6.45) is 5.61. The van der Waals surface area contributed by atoms with Gasteiger partial charge in [0.2, 0.25) is 0 Å². The van der Waals surface area contributed by atoms with Crippen LogP contribution in [0.2, 0.25) is 0 Å². The minimum Gasteiger partial charge on any atom is -0.349 e. The highest BCUT2D eigenvalue weighted by atomic mass is 16.1. The number of hydrogen-bond donors (Lipinski definition) is 2. The second kappa shape index (κ2) is 4.45. The van der Waals surface area contributed by atoms with Crippen molar-refractivity contribution in [3.05, 3.63) is 30.6 Å². The number of H-pyrrole nitrogens is 1. The minimum atomic E-state index is -0.108. The van der Waals surface area contributed by atoms with Crippen molar-refractivity contribution in [3.63, 3.8) is 0 Å². The Morgan fingerprint density at radius 3 is 3.23 bits per heavy atom. The zero-order valence-corrected chi connectivity index (χ0v) is 7.58. The highest BCUT2D eigenvalue weighted by Crippen LogP contribution is 1.96. The summed E-state index contributed by atoms with van der Waals surface area (Å²) in [5.74, 6) is -0.108. The van der Waals surface area contributed by atoms with Crippen molar-refractivity contribution in [2.75, 3.05) is 0 Å². The summed E-state index contributed by atoms with van der Waals surface area (Å²) in [5, 5.41) is 9.09. The Kier molecular flexibility index (Phi) is 3.25. The fraction of sp³-hybridized carbons (Fsp3) is 0.333. The molecule has 0 aliphatic heterocycles. The van der Waals surface area contributed by atoms with Crippen molar-refractivity contribution >= 4 is 5.91 Å². The third kappa shape index (κ3) is 2.74. The molecule has 1 aromatic rings. The summed E-state index contributed by atoms with van der Waals surface area (Å²) >= 11 is 0. The SMILES string of the molecule is C=CCC(C)NC(=O)c1cn[nH]c1. The number of carbonyl (C=O) groups excluding carboxylic acids is 1. The second-order valence-electron chi connectivity index (χ2n) is 2.89. The summed E-state index contributed by atoms with van der Waals surface area (Å²) in [6.45, 7) is 5.53. The van der Waals surface area contributed by atoms with E-state index >= 15 is 0 Å². The molecule has 0 aromatic carbocycles. The molecule has 0 bridgehead atoms. The predicted octanol–water partition coefficient (Wildman–Crippen LogP) is 1.10. The Balaban J connectivity index is 2.46. The van der Waals surface area contributed by atoms with E-state index in [-0.39, 0.29) is 11.9 Å². The topological polar surface area (TPSA) is 57.8 Å². The lowest BCUT2D eigenvalue weighted by molar-refractivity contribution is 0.0940. The second-order valence-corrected chi connectivity index (χ2v) is 2.89. The highest BCUT2D eigenvalue weighted by Gasteiger charge is 2.08. The van der Waals surface area contributed by atoms with Gasteiger partial charge in [-0.2, -0.15) is 5.10 Å². The Hall–Kier alpha value is -1.58. The maximum Gasteiger partial charge on any atom is 0.254 e. The van der Waals surface area contributed by atoms with E-state index in [2.05, 4.69) is 22.1 Å². The maximum absolute atomic E-state index is 11.4. The van der Waals surface area contributed by atoms with Crippen LogP contribution < -0.4 is 5.32 Å². The zero-order valence-electron chi connectivity index (χ0n) is 7.58. The summed E-state index contributed by atoms with van der Waals surface area (Å²) in [5.41, 5.74) is 0.552. The lowest BCUT2D eigenvalue weighted by Crippen LogP contribution is -2.31. The first-order valence-corrected chi connectivity index (χ1v) is 4.14. The highest BCUT2D eigenvalue weighted by molar-refractivity contribution is 5.93. The molecule has 1 heterocycles. The molecule has 1 rings (SSSR count). The van der Waals surface area contributed by atoms with Crippen molar-refractivity contribution in [1.29, 1.82) is 0 Å². The molecule has 70 valence electrons. The average molecular weight is 179 g/mol. The van der Waals surface area contributed by atoms with Crippen molar-refractivity contribution in [3.8, 4) is 0 Å². The van der Waals surface area contributed by atoms with Gasteiger partial charge in [-0.1, -0.05) is 6.08 Å². The van der Waals surface area contributed by atoms with Crippen LogP contribution in [0.15, 0.2) is 25.0 Å². The van der Waals surface area contributed by atoms with E-state index in [0.29, 0.717) is 5.56 Å². The van der Waals surface area contributed by atoms with Gasteiger partial charge in [0, 0.05) is 12.2 Å². The fourth-order valence-electron chi connectivity index (χ4n) is 0.991. The molecule has 13 heavy (non-hydrogen) atoms. The first kappa shape index (κ1) is 9.51. The molecule has 0 saturated heterocycles. The third-order valence-corrected chi connectivity index (χ3v) is 1.66. The Labute approximate surface area is 77.0 Å². The van der Waals surface area contributed by atoms with Gasteiger partial charge in [0.1, 0.15) is 0 Å². The fourth-order valence-corrected chi connectivity index (χ4v) is 0.991. The standard InChI is InChI=1S/C9H13N3O/c1-3-4-7(2)12-9(13)8-5-10-11-6-8/h3,5-7H,1,4H2,2H3,(H,10,11)(H,12,13). The predicted molar refractivity (Wildman–Crippen MR) is 50.3 cm³/mol. The molecule has 0 radical (unpaired) electrons. The van der Waals surface area contributed by atoms with Crippen LogP contribution in [-0.4, -0.2) is 22.1 Å². The van der Waals surface area contributed by atoms with Crippen LogP contribution in [0.25, 0.3) is 0 Å². The number of carbonyl (C=O) groups is 1. The Morgan fingerprint density at radius 2 is 2.69 bits per heavy atom. The van der Waals surface area contributed by atoms with Crippen molar-refractivity contribution in [2.24, 2.45) is 0 Å². The van der Waals surface area contributed by atoms with E-state index in [0.717, 1.165) is 6.42 Å². The smallest absolute Gasteiger partial charge is 0.254 e. The lowest BCUT2D eigenvalue weighted by atomic mass is 10.2. The van der Waals surface area contributed by atoms with Crippen LogP contribution in [0, 0.1) is 0 Å². The van der Waals surface area contributed by atoms with Crippen LogP contribution in [0.4, 0.5) is 0 Å². The number of nitrogens with zero attached hydrogens (tertiary/aromatic N) is 1. The molecule has 0 spiro atoms. The van der Waals surface area contributed by atoms with Gasteiger partial charge in [-0.25, -0.2) is 0 Å². The summed E-state index contributed by atoms with van der Waals surface area (Å²) in [7, 11) is 0. The van der Waals surface area contributed by atoms with E-state index in [1.807, 2.05) is 6.92 Å². The van der Waals surface area contributed by atoms with Crippen molar-refractivity contribution in [1.82, 2.24) is 15.5 Å². The first-order chi connectivity index (χ1) is 6.24. The summed E-state index contributed by atoms with van der Waals surface area (Å²) in [6, 6.07) is 0.111. The van der Waals surface area contributed by atoms with Crippen molar-refractivity contribution < 1.29 is 4.79 Å². The quantitative estimate of drug-likeness (QED) is 0.680. The monoisotopic (exact) mass is 179 g/mol. The molecule has 0 aliphatic rings. The van der Waals surface area contributed by atoms with Gasteiger partial charge < -0.3 is 5.32 Å². The number of amides is 1. The van der Waals surface area contributed by atoms with E-state index < -0.39 is 0 Å². The minimum absolute atomic E-state index is 0.108. The molecule has 4 nitrogen and oxygen atoms in total.